The number of benzene rings is 1. The number of carbonyl (C=O) groups excluding carboxylic acids is 4. The Labute approximate surface area is 226 Å². The first-order valence-corrected chi connectivity index (χ1v) is 13.0. The molecule has 0 aliphatic rings. The number of esters is 4. The van der Waals surface area contributed by atoms with Crippen molar-refractivity contribution in [3.05, 3.63) is 23.8 Å². The zero-order valence-electron chi connectivity index (χ0n) is 24.5. The third-order valence-electron chi connectivity index (χ3n) is 5.60. The van der Waals surface area contributed by atoms with Crippen LogP contribution in [0.5, 0.6) is 11.5 Å². The van der Waals surface area contributed by atoms with Crippen LogP contribution in [0.2, 0.25) is 0 Å². The summed E-state index contributed by atoms with van der Waals surface area (Å²) in [6.07, 6.45) is -0.246. The Morgan fingerprint density at radius 1 is 0.789 bits per heavy atom. The van der Waals surface area contributed by atoms with E-state index in [1.807, 2.05) is 13.8 Å². The van der Waals surface area contributed by atoms with Crippen LogP contribution in [0.15, 0.2) is 18.2 Å². The molecule has 0 aromatic heterocycles. The van der Waals surface area contributed by atoms with Crippen LogP contribution in [0.1, 0.15) is 87.6 Å². The van der Waals surface area contributed by atoms with Crippen molar-refractivity contribution in [3.8, 4) is 11.5 Å². The molecule has 0 spiro atoms. The molecule has 0 aliphatic heterocycles. The van der Waals surface area contributed by atoms with Gasteiger partial charge < -0.3 is 24.7 Å². The van der Waals surface area contributed by atoms with Crippen molar-refractivity contribution in [2.45, 2.75) is 107 Å². The van der Waals surface area contributed by atoms with Crippen molar-refractivity contribution in [2.24, 2.45) is 22.5 Å². The molecule has 0 saturated heterocycles. The van der Waals surface area contributed by atoms with E-state index in [9.17, 15) is 19.2 Å². The van der Waals surface area contributed by atoms with E-state index in [2.05, 4.69) is 0 Å². The summed E-state index contributed by atoms with van der Waals surface area (Å²) >= 11 is 0. The van der Waals surface area contributed by atoms with Crippen molar-refractivity contribution in [2.75, 3.05) is 0 Å². The minimum atomic E-state index is -1.03. The number of nitrogens with two attached hydrogens (primary N) is 1. The van der Waals surface area contributed by atoms with Crippen LogP contribution >= 0.6 is 0 Å². The molecule has 1 aromatic carbocycles. The number of carbonyl (C=O) groups is 4. The van der Waals surface area contributed by atoms with E-state index in [4.69, 9.17) is 24.7 Å². The van der Waals surface area contributed by atoms with E-state index in [-0.39, 0.29) is 23.9 Å². The lowest BCUT2D eigenvalue weighted by Gasteiger charge is -2.23. The second-order valence-electron chi connectivity index (χ2n) is 12.1. The van der Waals surface area contributed by atoms with Gasteiger partial charge in [-0.3, -0.25) is 19.2 Å². The quantitative estimate of drug-likeness (QED) is 0.315. The summed E-state index contributed by atoms with van der Waals surface area (Å²) in [4.78, 5) is 49.6. The first-order chi connectivity index (χ1) is 17.3. The van der Waals surface area contributed by atoms with Gasteiger partial charge in [-0.1, -0.05) is 19.9 Å². The summed E-state index contributed by atoms with van der Waals surface area (Å²) in [5.41, 5.74) is 5.10. The van der Waals surface area contributed by atoms with Gasteiger partial charge in [0.25, 0.3) is 0 Å². The standard InChI is InChI=1S/C29H45NO8/c1-17(2)11-14-24(31)35-18(3)19(4)36-25(32)21(30)15-20-12-13-22(37-26(33)28(5,6)7)23(16-20)38-27(34)29(8,9)10/h12-13,16-19,21H,11,14-15,30H2,1-10H3/t18-,19-,21-/m0/s1. The van der Waals surface area contributed by atoms with Crippen LogP contribution in [0.25, 0.3) is 0 Å². The van der Waals surface area contributed by atoms with Gasteiger partial charge in [0, 0.05) is 6.42 Å². The highest BCUT2D eigenvalue weighted by Gasteiger charge is 2.29. The molecule has 3 atom stereocenters. The molecule has 2 N–H and O–H groups in total. The Morgan fingerprint density at radius 2 is 1.29 bits per heavy atom. The lowest BCUT2D eigenvalue weighted by Crippen LogP contribution is -2.39. The molecule has 0 aliphatic carbocycles. The molecule has 0 fully saturated rings. The normalized spacial score (nSPS) is 14.3. The van der Waals surface area contributed by atoms with Gasteiger partial charge in [-0.25, -0.2) is 0 Å². The van der Waals surface area contributed by atoms with Crippen molar-refractivity contribution in [3.63, 3.8) is 0 Å². The summed E-state index contributed by atoms with van der Waals surface area (Å²) in [7, 11) is 0. The summed E-state index contributed by atoms with van der Waals surface area (Å²) in [5, 5.41) is 0. The fourth-order valence-corrected chi connectivity index (χ4v) is 2.82. The molecule has 9 nitrogen and oxygen atoms in total. The summed E-state index contributed by atoms with van der Waals surface area (Å²) < 4.78 is 21.8. The predicted molar refractivity (Wildman–Crippen MR) is 143 cm³/mol. The number of ether oxygens (including phenoxy) is 4. The molecule has 1 rings (SSSR count). The van der Waals surface area contributed by atoms with Gasteiger partial charge in [0.05, 0.1) is 10.8 Å². The Kier molecular flexibility index (Phi) is 12.0. The maximum atomic E-state index is 12.6. The van der Waals surface area contributed by atoms with E-state index in [0.717, 1.165) is 0 Å². The van der Waals surface area contributed by atoms with Crippen LogP contribution in [0, 0.1) is 16.7 Å². The summed E-state index contributed by atoms with van der Waals surface area (Å²) in [5.74, 6) is -1.51. The smallest absolute Gasteiger partial charge is 0.323 e. The highest BCUT2D eigenvalue weighted by Crippen LogP contribution is 2.33. The molecule has 0 saturated carbocycles. The summed E-state index contributed by atoms with van der Waals surface area (Å²) in [6, 6.07) is 3.62. The molecule has 0 radical (unpaired) electrons. The van der Waals surface area contributed by atoms with Gasteiger partial charge in [0.2, 0.25) is 0 Å². The topological polar surface area (TPSA) is 131 Å². The van der Waals surface area contributed by atoms with E-state index in [1.165, 1.54) is 12.1 Å². The van der Waals surface area contributed by atoms with Crippen molar-refractivity contribution in [1.82, 2.24) is 0 Å². The largest absolute Gasteiger partial charge is 0.459 e. The third-order valence-corrected chi connectivity index (χ3v) is 5.60. The second-order valence-corrected chi connectivity index (χ2v) is 12.1. The van der Waals surface area contributed by atoms with E-state index >= 15 is 0 Å². The molecule has 38 heavy (non-hydrogen) atoms. The molecule has 9 heteroatoms. The number of rotatable bonds is 11. The minimum Gasteiger partial charge on any atom is -0.459 e. The van der Waals surface area contributed by atoms with E-state index < -0.39 is 47.0 Å². The van der Waals surface area contributed by atoms with Gasteiger partial charge in [0.15, 0.2) is 11.5 Å². The van der Waals surface area contributed by atoms with Gasteiger partial charge >= 0.3 is 23.9 Å². The van der Waals surface area contributed by atoms with Crippen molar-refractivity contribution >= 4 is 23.9 Å². The number of hydrogen-bond acceptors (Lipinski definition) is 9. The lowest BCUT2D eigenvalue weighted by molar-refractivity contribution is -0.166. The Hall–Kier alpha value is -2.94. The molecule has 0 heterocycles. The Balaban J connectivity index is 2.95. The first-order valence-electron chi connectivity index (χ1n) is 13.0. The highest BCUT2D eigenvalue weighted by atomic mass is 16.6. The van der Waals surface area contributed by atoms with Gasteiger partial charge in [-0.05, 0) is 91.8 Å². The van der Waals surface area contributed by atoms with Crippen LogP contribution in [0.4, 0.5) is 0 Å². The van der Waals surface area contributed by atoms with Crippen molar-refractivity contribution in [1.29, 1.82) is 0 Å². The first kappa shape index (κ1) is 33.1. The van der Waals surface area contributed by atoms with E-state index in [1.54, 1.807) is 61.5 Å². The van der Waals surface area contributed by atoms with Crippen LogP contribution in [-0.2, 0) is 35.1 Å². The average molecular weight is 536 g/mol. The van der Waals surface area contributed by atoms with Crippen LogP contribution < -0.4 is 15.2 Å². The zero-order chi connectivity index (χ0) is 29.4. The molecular formula is C29H45NO8. The molecule has 0 amide bonds. The molecular weight excluding hydrogens is 490 g/mol. The predicted octanol–water partition coefficient (Wildman–Crippen LogP) is 4.76. The summed E-state index contributed by atoms with van der Waals surface area (Å²) in [6.45, 7) is 17.6. The number of hydrogen-bond donors (Lipinski definition) is 1. The Morgan fingerprint density at radius 3 is 1.79 bits per heavy atom. The van der Waals surface area contributed by atoms with Gasteiger partial charge in [0.1, 0.15) is 18.2 Å². The molecule has 214 valence electrons. The van der Waals surface area contributed by atoms with Crippen LogP contribution in [0.3, 0.4) is 0 Å². The highest BCUT2D eigenvalue weighted by molar-refractivity contribution is 5.81. The third kappa shape index (κ3) is 11.2. The minimum absolute atomic E-state index is 0.0518. The van der Waals surface area contributed by atoms with Crippen molar-refractivity contribution < 1.29 is 38.1 Å². The van der Waals surface area contributed by atoms with E-state index in [0.29, 0.717) is 24.3 Å². The maximum Gasteiger partial charge on any atom is 0.323 e. The van der Waals surface area contributed by atoms with Gasteiger partial charge in [-0.15, -0.1) is 0 Å². The molecule has 0 unspecified atom stereocenters. The SMILES string of the molecule is CC(C)CCC(=O)O[C@@H](C)[C@H](C)OC(=O)[C@@H](N)Cc1ccc(OC(=O)C(C)(C)C)c(OC(=O)C(C)(C)C)c1. The zero-order valence-corrected chi connectivity index (χ0v) is 24.5. The monoisotopic (exact) mass is 535 g/mol. The average Bonchev–Trinajstić information content (AvgIpc) is 2.77. The van der Waals surface area contributed by atoms with Gasteiger partial charge in [-0.2, -0.15) is 0 Å². The second kappa shape index (κ2) is 13.7. The van der Waals surface area contributed by atoms with Crippen LogP contribution in [-0.4, -0.2) is 42.1 Å². The fraction of sp³-hybridized carbons (Fsp3) is 0.655. The maximum absolute atomic E-state index is 12.6. The Bertz CT molecular complexity index is 987. The molecule has 0 bridgehead atoms. The lowest BCUT2D eigenvalue weighted by atomic mass is 9.97. The molecule has 1 aromatic rings. The fourth-order valence-electron chi connectivity index (χ4n) is 2.82.